The number of rotatable bonds is 0. The topological polar surface area (TPSA) is 43.1 Å². The minimum atomic E-state index is -0.312. The third kappa shape index (κ3) is 2.11. The first-order chi connectivity index (χ1) is 7.38. The normalized spacial score (nSPS) is 12.0. The van der Waals surface area contributed by atoms with Crippen LogP contribution in [-0.4, -0.2) is 4.98 Å². The van der Waals surface area contributed by atoms with Crippen molar-refractivity contribution >= 4 is 33.5 Å². The molecule has 0 saturated heterocycles. The number of halogens is 1. The van der Waals surface area contributed by atoms with E-state index >= 15 is 0 Å². The number of aromatic nitrogens is 1. The highest BCUT2D eigenvalue weighted by Gasteiger charge is 2.20. The molecule has 0 atom stereocenters. The standard InChI is InChI=1S/C12H12INO2/c1-12(2,3)11-14-9-5-4-7(13)6-8(9)10(15)16-11/h4-6H,1-3H3. The third-order valence-electron chi connectivity index (χ3n) is 2.23. The fraction of sp³-hybridized carbons (Fsp3) is 0.333. The predicted molar refractivity (Wildman–Crippen MR) is 71.7 cm³/mol. The summed E-state index contributed by atoms with van der Waals surface area (Å²) in [6, 6.07) is 5.58. The molecule has 0 spiro atoms. The Hall–Kier alpha value is -0.910. The summed E-state index contributed by atoms with van der Waals surface area (Å²) in [5.74, 6) is 0.478. The zero-order valence-electron chi connectivity index (χ0n) is 9.37. The lowest BCUT2D eigenvalue weighted by Gasteiger charge is -2.15. The van der Waals surface area contributed by atoms with Crippen molar-refractivity contribution in [3.8, 4) is 0 Å². The highest BCUT2D eigenvalue weighted by molar-refractivity contribution is 14.1. The average molecular weight is 329 g/mol. The Morgan fingerprint density at radius 2 is 2.00 bits per heavy atom. The molecule has 0 aliphatic carbocycles. The summed E-state index contributed by atoms with van der Waals surface area (Å²) < 4.78 is 6.24. The van der Waals surface area contributed by atoms with E-state index < -0.39 is 0 Å². The van der Waals surface area contributed by atoms with Gasteiger partial charge in [0.25, 0.3) is 0 Å². The Morgan fingerprint density at radius 1 is 1.31 bits per heavy atom. The van der Waals surface area contributed by atoms with Crippen molar-refractivity contribution in [1.29, 1.82) is 0 Å². The van der Waals surface area contributed by atoms with Gasteiger partial charge in [-0.15, -0.1) is 0 Å². The molecule has 0 amide bonds. The zero-order valence-corrected chi connectivity index (χ0v) is 11.5. The van der Waals surface area contributed by atoms with E-state index in [-0.39, 0.29) is 11.0 Å². The van der Waals surface area contributed by atoms with Crippen LogP contribution in [0.2, 0.25) is 0 Å². The highest BCUT2D eigenvalue weighted by Crippen LogP contribution is 2.21. The van der Waals surface area contributed by atoms with E-state index in [0.29, 0.717) is 16.8 Å². The summed E-state index contributed by atoms with van der Waals surface area (Å²) in [6.07, 6.45) is 0. The fourth-order valence-corrected chi connectivity index (χ4v) is 1.86. The van der Waals surface area contributed by atoms with Gasteiger partial charge in [-0.2, -0.15) is 0 Å². The zero-order chi connectivity index (χ0) is 11.9. The van der Waals surface area contributed by atoms with Gasteiger partial charge < -0.3 is 4.42 Å². The Morgan fingerprint density at radius 3 is 2.62 bits per heavy atom. The molecule has 0 fully saturated rings. The van der Waals surface area contributed by atoms with Crippen molar-refractivity contribution in [2.75, 3.05) is 0 Å². The molecular formula is C12H12INO2. The highest BCUT2D eigenvalue weighted by atomic mass is 127. The lowest BCUT2D eigenvalue weighted by atomic mass is 9.97. The van der Waals surface area contributed by atoms with Crippen LogP contribution in [0.4, 0.5) is 0 Å². The van der Waals surface area contributed by atoms with Crippen LogP contribution in [0.1, 0.15) is 26.7 Å². The SMILES string of the molecule is CC(C)(C)c1nc2ccc(I)cc2c(=O)o1. The predicted octanol–water partition coefficient (Wildman–Crippen LogP) is 3.09. The van der Waals surface area contributed by atoms with E-state index in [1.807, 2.05) is 32.9 Å². The first-order valence-electron chi connectivity index (χ1n) is 4.99. The van der Waals surface area contributed by atoms with Crippen LogP contribution in [0, 0.1) is 3.57 Å². The second-order valence-corrected chi connectivity index (χ2v) is 5.96. The number of hydrogen-bond acceptors (Lipinski definition) is 3. The monoisotopic (exact) mass is 329 g/mol. The van der Waals surface area contributed by atoms with Crippen LogP contribution >= 0.6 is 22.6 Å². The second-order valence-electron chi connectivity index (χ2n) is 4.72. The first kappa shape index (κ1) is 11.6. The summed E-state index contributed by atoms with van der Waals surface area (Å²) in [5.41, 5.74) is 0.131. The van der Waals surface area contributed by atoms with Crippen molar-refractivity contribution < 1.29 is 4.42 Å². The van der Waals surface area contributed by atoms with E-state index in [9.17, 15) is 4.79 Å². The molecule has 0 N–H and O–H groups in total. The van der Waals surface area contributed by atoms with E-state index in [1.165, 1.54) is 0 Å². The van der Waals surface area contributed by atoms with Crippen LogP contribution in [0.3, 0.4) is 0 Å². The lowest BCUT2D eigenvalue weighted by Crippen LogP contribution is -2.17. The molecule has 2 rings (SSSR count). The van der Waals surface area contributed by atoms with E-state index in [4.69, 9.17) is 4.42 Å². The molecule has 0 radical (unpaired) electrons. The smallest absolute Gasteiger partial charge is 0.346 e. The second kappa shape index (κ2) is 3.84. The van der Waals surface area contributed by atoms with Gasteiger partial charge in [-0.3, -0.25) is 0 Å². The Kier molecular flexibility index (Phi) is 2.77. The maximum atomic E-state index is 11.8. The largest absolute Gasteiger partial charge is 0.407 e. The molecule has 1 heterocycles. The van der Waals surface area contributed by atoms with Crippen molar-refractivity contribution in [3.05, 3.63) is 38.1 Å². The Bertz CT molecular complexity index is 596. The van der Waals surface area contributed by atoms with Crippen molar-refractivity contribution in [2.24, 2.45) is 0 Å². The van der Waals surface area contributed by atoms with Crippen LogP contribution < -0.4 is 5.63 Å². The number of benzene rings is 1. The van der Waals surface area contributed by atoms with Gasteiger partial charge in [-0.1, -0.05) is 20.8 Å². The fourth-order valence-electron chi connectivity index (χ4n) is 1.37. The lowest BCUT2D eigenvalue weighted by molar-refractivity contribution is 0.360. The maximum Gasteiger partial charge on any atom is 0.346 e. The molecule has 2 aromatic rings. The molecule has 0 unspecified atom stereocenters. The summed E-state index contributed by atoms with van der Waals surface area (Å²) in [4.78, 5) is 16.2. The summed E-state index contributed by atoms with van der Waals surface area (Å²) in [6.45, 7) is 5.91. The van der Waals surface area contributed by atoms with Gasteiger partial charge >= 0.3 is 5.63 Å². The quantitative estimate of drug-likeness (QED) is 0.698. The molecule has 4 heteroatoms. The number of hydrogen-bond donors (Lipinski definition) is 0. The number of nitrogens with zero attached hydrogens (tertiary/aromatic N) is 1. The minimum absolute atomic E-state index is 0.254. The van der Waals surface area contributed by atoms with Crippen molar-refractivity contribution in [2.45, 2.75) is 26.2 Å². The minimum Gasteiger partial charge on any atom is -0.407 e. The summed E-state index contributed by atoms with van der Waals surface area (Å²) in [5, 5.41) is 0.542. The van der Waals surface area contributed by atoms with Gasteiger partial charge in [0.2, 0.25) is 5.89 Å². The molecule has 3 nitrogen and oxygen atoms in total. The molecular weight excluding hydrogens is 317 g/mol. The molecule has 84 valence electrons. The third-order valence-corrected chi connectivity index (χ3v) is 2.90. The van der Waals surface area contributed by atoms with Crippen molar-refractivity contribution in [3.63, 3.8) is 0 Å². The molecule has 1 aromatic heterocycles. The van der Waals surface area contributed by atoms with Gasteiger partial charge in [0.05, 0.1) is 10.9 Å². The number of fused-ring (bicyclic) bond motifs is 1. The average Bonchev–Trinajstić information content (AvgIpc) is 2.17. The molecule has 1 aromatic carbocycles. The molecule has 16 heavy (non-hydrogen) atoms. The van der Waals surface area contributed by atoms with Gasteiger partial charge in [0, 0.05) is 8.99 Å². The van der Waals surface area contributed by atoms with Crippen LogP contribution in [0.5, 0.6) is 0 Å². The van der Waals surface area contributed by atoms with Gasteiger partial charge in [0.15, 0.2) is 0 Å². The van der Waals surface area contributed by atoms with Crippen molar-refractivity contribution in [1.82, 2.24) is 4.98 Å². The van der Waals surface area contributed by atoms with E-state index in [2.05, 4.69) is 27.6 Å². The molecule has 0 bridgehead atoms. The maximum absolute atomic E-state index is 11.8. The molecule has 0 saturated carbocycles. The van der Waals surface area contributed by atoms with Crippen LogP contribution in [0.15, 0.2) is 27.4 Å². The van der Waals surface area contributed by atoms with E-state index in [0.717, 1.165) is 3.57 Å². The Labute approximate surface area is 107 Å². The molecule has 0 aliphatic heterocycles. The van der Waals surface area contributed by atoms with Crippen LogP contribution in [-0.2, 0) is 5.41 Å². The van der Waals surface area contributed by atoms with E-state index in [1.54, 1.807) is 6.07 Å². The summed E-state index contributed by atoms with van der Waals surface area (Å²) in [7, 11) is 0. The van der Waals surface area contributed by atoms with Gasteiger partial charge in [-0.05, 0) is 40.8 Å². The van der Waals surface area contributed by atoms with Gasteiger partial charge in [-0.25, -0.2) is 9.78 Å². The van der Waals surface area contributed by atoms with Crippen LogP contribution in [0.25, 0.3) is 10.9 Å². The van der Waals surface area contributed by atoms with Gasteiger partial charge in [0.1, 0.15) is 0 Å². The first-order valence-corrected chi connectivity index (χ1v) is 6.07. The molecule has 0 aliphatic rings. The summed E-state index contributed by atoms with van der Waals surface area (Å²) >= 11 is 2.16. The Balaban J connectivity index is 2.79.